The first kappa shape index (κ1) is 65.9. The van der Waals surface area contributed by atoms with Crippen LogP contribution >= 0.6 is 11.8 Å². The highest BCUT2D eigenvalue weighted by Crippen LogP contribution is 2.22. The van der Waals surface area contributed by atoms with Crippen molar-refractivity contribution in [3.05, 3.63) is 29.8 Å². The zero-order chi connectivity index (χ0) is 58.2. The number of hydrogen-bond donors (Lipinski definition) is 11. The third-order valence-corrected chi connectivity index (χ3v) is 13.2. The van der Waals surface area contributed by atoms with Crippen molar-refractivity contribution in [3.63, 3.8) is 0 Å². The smallest absolute Gasteiger partial charge is 0.490 e. The number of ether oxygens (including phenoxy) is 1. The van der Waals surface area contributed by atoms with Crippen molar-refractivity contribution in [1.29, 1.82) is 0 Å². The SMILES string of the molecule is CC[C@H](C)[C@@H]1NC(=O)[C@H](Cc2ccc(OC)cc2)NC(=O)CCCSC[C@@H](C(=O)N2CCC[C@H]2C(=O)N[C@@H](CC(C)C)C(=O)NCCC(N)=O)NC(=O)[C@H](CC(N)=O)NC(=O)[C@H](CCC(N)=O)NC1=O.O=C(O)C(F)(F)F. The molecule has 2 heterocycles. The molecule has 77 heavy (non-hydrogen) atoms. The van der Waals surface area contributed by atoms with Crippen LogP contribution < -0.4 is 59.2 Å². The van der Waals surface area contributed by atoms with Crippen molar-refractivity contribution in [1.82, 2.24) is 42.1 Å². The van der Waals surface area contributed by atoms with Gasteiger partial charge in [0.2, 0.25) is 65.0 Å². The summed E-state index contributed by atoms with van der Waals surface area (Å²) < 4.78 is 37.0. The average molecular weight is 1120 g/mol. The molecule has 3 rings (SSSR count). The van der Waals surface area contributed by atoms with Gasteiger partial charge in [-0.15, -0.1) is 0 Å². The Bertz CT molecular complexity index is 2260. The summed E-state index contributed by atoms with van der Waals surface area (Å²) in [4.78, 5) is 157. The number of aliphatic carboxylic acids is 1. The minimum atomic E-state index is -5.08. The summed E-state index contributed by atoms with van der Waals surface area (Å²) in [5.74, 6) is -11.0. The Hall–Kier alpha value is -7.20. The monoisotopic (exact) mass is 1120 g/mol. The van der Waals surface area contributed by atoms with E-state index in [9.17, 15) is 65.9 Å². The van der Waals surface area contributed by atoms with E-state index < -0.39 is 138 Å². The Morgan fingerprint density at radius 2 is 1.42 bits per heavy atom. The van der Waals surface area contributed by atoms with Crippen LogP contribution in [0, 0.1) is 11.8 Å². The molecule has 8 atom stereocenters. The molecular formula is C48H72F3N11O14S. The number of nitrogens with two attached hydrogens (primary N) is 3. The molecule has 25 nitrogen and oxygen atoms in total. The fourth-order valence-corrected chi connectivity index (χ4v) is 8.79. The number of carbonyl (C=O) groups excluding carboxylic acids is 11. The van der Waals surface area contributed by atoms with Gasteiger partial charge in [-0.05, 0) is 67.4 Å². The lowest BCUT2D eigenvalue weighted by Gasteiger charge is -2.31. The Balaban J connectivity index is 0.00000270. The summed E-state index contributed by atoms with van der Waals surface area (Å²) in [5.41, 5.74) is 16.8. The second-order valence-electron chi connectivity index (χ2n) is 18.8. The van der Waals surface area contributed by atoms with Crippen LogP contribution in [-0.2, 0) is 64.0 Å². The number of carboxylic acids is 1. The first-order valence-electron chi connectivity index (χ1n) is 24.8. The number of carbonyl (C=O) groups is 12. The highest BCUT2D eigenvalue weighted by Gasteiger charge is 2.41. The van der Waals surface area contributed by atoms with Crippen molar-refractivity contribution in [3.8, 4) is 5.75 Å². The number of hydrogen-bond acceptors (Lipinski definition) is 14. The van der Waals surface area contributed by atoms with E-state index in [0.29, 0.717) is 24.2 Å². The zero-order valence-corrected chi connectivity index (χ0v) is 44.4. The van der Waals surface area contributed by atoms with Crippen LogP contribution in [0.2, 0.25) is 0 Å². The lowest BCUT2D eigenvalue weighted by molar-refractivity contribution is -0.192. The van der Waals surface area contributed by atoms with E-state index in [1.165, 1.54) is 23.8 Å². The maximum Gasteiger partial charge on any atom is 0.490 e. The predicted octanol–water partition coefficient (Wildman–Crippen LogP) is -1.48. The first-order valence-corrected chi connectivity index (χ1v) is 26.0. The number of halogens is 3. The molecule has 1 aromatic rings. The van der Waals surface area contributed by atoms with Crippen molar-refractivity contribution in [2.24, 2.45) is 29.0 Å². The van der Waals surface area contributed by atoms with Gasteiger partial charge in [0.15, 0.2) is 0 Å². The molecule has 0 saturated carbocycles. The van der Waals surface area contributed by atoms with E-state index in [4.69, 9.17) is 31.8 Å². The van der Waals surface area contributed by atoms with Crippen LogP contribution in [0.1, 0.15) is 97.5 Å². The van der Waals surface area contributed by atoms with Gasteiger partial charge in [0.25, 0.3) is 0 Å². The molecule has 0 aromatic heterocycles. The number of nitrogens with one attached hydrogen (secondary N) is 7. The maximum atomic E-state index is 14.5. The molecule has 14 N–H and O–H groups in total. The van der Waals surface area contributed by atoms with Crippen molar-refractivity contribution < 1.29 is 80.5 Å². The van der Waals surface area contributed by atoms with Crippen molar-refractivity contribution in [2.45, 2.75) is 147 Å². The Kier molecular flexibility index (Phi) is 27.7. The number of likely N-dealkylation sites (tertiary alicyclic amines) is 1. The van der Waals surface area contributed by atoms with E-state index in [1.807, 2.05) is 13.8 Å². The standard InChI is InChI=1S/C46H71N11O12S.C2HF3O2/c1-6-26(4)39-45(67)52-29(15-16-35(47)58)41(63)53-32(23-37(49)60)42(64)55-33(24-70-20-8-10-38(61)51-31(43(65)56-39)22-27-11-13-28(69-5)14-12-27)46(68)57-19-7-9-34(57)44(66)54-30(21-25(2)3)40(62)50-18-17-36(48)59;3-2(4,5)1(6)7/h11-14,25-26,29-34,39H,6-10,15-24H2,1-5H3,(H2,47,58)(H2,48,59)(H2,49,60)(H,50,62)(H,51,61)(H,52,67)(H,53,63)(H,54,66)(H,55,64)(H,56,65);(H,6,7)/t26-,29-,30-,31-,32-,33-,34-,39-;/m0./s1. The summed E-state index contributed by atoms with van der Waals surface area (Å²) in [6.45, 7) is 7.22. The van der Waals surface area contributed by atoms with Gasteiger partial charge < -0.3 is 69.2 Å². The molecule has 2 aliphatic heterocycles. The minimum absolute atomic E-state index is 0.0254. The van der Waals surface area contributed by atoms with Gasteiger partial charge in [-0.3, -0.25) is 52.7 Å². The summed E-state index contributed by atoms with van der Waals surface area (Å²) in [5, 5.41) is 25.6. The summed E-state index contributed by atoms with van der Waals surface area (Å²) in [7, 11) is 1.50. The summed E-state index contributed by atoms with van der Waals surface area (Å²) >= 11 is 1.19. The van der Waals surface area contributed by atoms with Crippen LogP contribution in [-0.4, -0.2) is 161 Å². The highest BCUT2D eigenvalue weighted by molar-refractivity contribution is 7.99. The maximum absolute atomic E-state index is 14.5. The van der Waals surface area contributed by atoms with Gasteiger partial charge in [0, 0.05) is 44.5 Å². The molecule has 2 fully saturated rings. The average Bonchev–Trinajstić information content (AvgIpc) is 3.85. The van der Waals surface area contributed by atoms with Gasteiger partial charge in [-0.2, -0.15) is 24.9 Å². The van der Waals surface area contributed by atoms with Crippen LogP contribution in [0.15, 0.2) is 24.3 Å². The van der Waals surface area contributed by atoms with Crippen LogP contribution in [0.25, 0.3) is 0 Å². The predicted molar refractivity (Wildman–Crippen MR) is 271 cm³/mol. The molecular weight excluding hydrogens is 1040 g/mol. The molecule has 0 spiro atoms. The van der Waals surface area contributed by atoms with E-state index in [-0.39, 0.29) is 75.5 Å². The topological polar surface area (TPSA) is 400 Å². The van der Waals surface area contributed by atoms with Crippen molar-refractivity contribution >= 4 is 82.7 Å². The Labute approximate surface area is 447 Å². The molecule has 2 aliphatic rings. The van der Waals surface area contributed by atoms with E-state index >= 15 is 0 Å². The number of thioether (sulfide) groups is 1. The van der Waals surface area contributed by atoms with Gasteiger partial charge in [-0.1, -0.05) is 46.2 Å². The van der Waals surface area contributed by atoms with E-state index in [1.54, 1.807) is 38.1 Å². The van der Waals surface area contributed by atoms with E-state index in [0.717, 1.165) is 0 Å². The molecule has 1 aromatic carbocycles. The second kappa shape index (κ2) is 32.4. The molecule has 2 saturated heterocycles. The number of methoxy groups -OCH3 is 1. The van der Waals surface area contributed by atoms with E-state index in [2.05, 4.69) is 37.2 Å². The van der Waals surface area contributed by atoms with Crippen LogP contribution in [0.4, 0.5) is 13.2 Å². The fraction of sp³-hybridized carbons (Fsp3) is 0.625. The number of carboxylic acid groups (broad SMARTS) is 1. The molecule has 0 radical (unpaired) electrons. The Morgan fingerprint density at radius 1 is 0.818 bits per heavy atom. The normalized spacial score (nSPS) is 21.9. The summed E-state index contributed by atoms with van der Waals surface area (Å²) in [6.07, 6.45) is -5.29. The number of benzene rings is 1. The third-order valence-electron chi connectivity index (χ3n) is 12.1. The lowest BCUT2D eigenvalue weighted by atomic mass is 9.96. The van der Waals surface area contributed by atoms with Crippen LogP contribution in [0.3, 0.4) is 0 Å². The number of alkyl halides is 3. The molecule has 430 valence electrons. The fourth-order valence-electron chi connectivity index (χ4n) is 7.82. The number of nitrogens with zero attached hydrogens (tertiary/aromatic N) is 1. The lowest BCUT2D eigenvalue weighted by Crippen LogP contribution is -2.61. The largest absolute Gasteiger partial charge is 0.497 e. The van der Waals surface area contributed by atoms with Crippen LogP contribution in [0.5, 0.6) is 5.75 Å². The quantitative estimate of drug-likeness (QED) is 0.0753. The molecule has 11 amide bonds. The second-order valence-corrected chi connectivity index (χ2v) is 19.9. The molecule has 29 heteroatoms. The molecule has 0 unspecified atom stereocenters. The molecule has 0 bridgehead atoms. The van der Waals surface area contributed by atoms with Gasteiger partial charge in [-0.25, -0.2) is 4.79 Å². The van der Waals surface area contributed by atoms with Gasteiger partial charge >= 0.3 is 12.1 Å². The number of primary amides is 3. The number of amides is 11. The van der Waals surface area contributed by atoms with Gasteiger partial charge in [0.1, 0.15) is 48.0 Å². The highest BCUT2D eigenvalue weighted by atomic mass is 32.2. The van der Waals surface area contributed by atoms with Crippen molar-refractivity contribution in [2.75, 3.05) is 31.7 Å². The summed E-state index contributed by atoms with van der Waals surface area (Å²) in [6, 6.07) is -2.30. The molecule has 0 aliphatic carbocycles. The van der Waals surface area contributed by atoms with Gasteiger partial charge in [0.05, 0.1) is 13.5 Å². The minimum Gasteiger partial charge on any atom is -0.497 e. The number of rotatable bonds is 19. The Morgan fingerprint density at radius 3 is 1.97 bits per heavy atom. The third kappa shape index (κ3) is 23.7. The zero-order valence-electron chi connectivity index (χ0n) is 43.6. The first-order chi connectivity index (χ1) is 36.1.